The van der Waals surface area contributed by atoms with Crippen LogP contribution in [-0.2, 0) is 11.2 Å². The third-order valence-corrected chi connectivity index (χ3v) is 5.19. The molecule has 3 aromatic rings. The van der Waals surface area contributed by atoms with Crippen molar-refractivity contribution in [2.24, 2.45) is 0 Å². The van der Waals surface area contributed by atoms with Crippen LogP contribution in [0.1, 0.15) is 15.4 Å². The molecule has 0 spiro atoms. The van der Waals surface area contributed by atoms with Gasteiger partial charge in [0.15, 0.2) is 0 Å². The fourth-order valence-electron chi connectivity index (χ4n) is 2.45. The lowest BCUT2D eigenvalue weighted by molar-refractivity contribution is -0.115. The summed E-state index contributed by atoms with van der Waals surface area (Å²) in [5.74, 6) is -0.0413. The summed E-state index contributed by atoms with van der Waals surface area (Å²) in [6, 6.07) is 15.8. The molecular formula is C19H17BrN2OS. The topological polar surface area (TPSA) is 42.0 Å². The van der Waals surface area contributed by atoms with E-state index in [1.165, 1.54) is 0 Å². The molecule has 1 heterocycles. The maximum Gasteiger partial charge on any atom is 0.231 e. The molecule has 2 aromatic carbocycles. The summed E-state index contributed by atoms with van der Waals surface area (Å²) in [7, 11) is 0. The van der Waals surface area contributed by atoms with E-state index in [1.54, 1.807) is 11.3 Å². The molecule has 1 aromatic heterocycles. The van der Waals surface area contributed by atoms with Crippen LogP contribution in [0.4, 0.5) is 5.69 Å². The van der Waals surface area contributed by atoms with Crippen molar-refractivity contribution < 1.29 is 4.79 Å². The number of thiazole rings is 1. The second kappa shape index (κ2) is 7.28. The van der Waals surface area contributed by atoms with Gasteiger partial charge in [0, 0.05) is 20.6 Å². The quantitative estimate of drug-likeness (QED) is 0.639. The number of nitrogens with zero attached hydrogens (tertiary/aromatic N) is 1. The Morgan fingerprint density at radius 2 is 1.83 bits per heavy atom. The van der Waals surface area contributed by atoms with Crippen LogP contribution in [0.2, 0.25) is 0 Å². The number of carbonyl (C=O) groups excluding carboxylic acids is 1. The molecule has 5 heteroatoms. The number of rotatable bonds is 4. The lowest BCUT2D eigenvalue weighted by Crippen LogP contribution is -2.14. The van der Waals surface area contributed by atoms with Crippen LogP contribution >= 0.6 is 27.3 Å². The monoisotopic (exact) mass is 400 g/mol. The highest BCUT2D eigenvalue weighted by Gasteiger charge is 2.13. The number of nitrogens with one attached hydrogen (secondary N) is 1. The minimum atomic E-state index is -0.0413. The zero-order chi connectivity index (χ0) is 17.1. The molecule has 0 bridgehead atoms. The standard InChI is InChI=1S/C19H17BrN2OS/c1-12-5-3-4-6-16(12)21-17(23)11-18-22-19(13(2)24-18)14-7-9-15(20)10-8-14/h3-10H,11H2,1-2H3,(H,21,23). The van der Waals surface area contributed by atoms with E-state index >= 15 is 0 Å². The molecule has 3 nitrogen and oxygen atoms in total. The molecule has 0 saturated heterocycles. The van der Waals surface area contributed by atoms with Gasteiger partial charge in [-0.3, -0.25) is 4.79 Å². The van der Waals surface area contributed by atoms with Gasteiger partial charge in [0.05, 0.1) is 12.1 Å². The third-order valence-electron chi connectivity index (χ3n) is 3.69. The fraction of sp³-hybridized carbons (Fsp3) is 0.158. The van der Waals surface area contributed by atoms with E-state index in [0.717, 1.165) is 36.9 Å². The number of anilines is 1. The zero-order valence-electron chi connectivity index (χ0n) is 13.5. The number of benzene rings is 2. The molecule has 0 saturated carbocycles. The van der Waals surface area contributed by atoms with Crippen LogP contribution in [0.25, 0.3) is 11.3 Å². The van der Waals surface area contributed by atoms with Crippen molar-refractivity contribution in [3.63, 3.8) is 0 Å². The van der Waals surface area contributed by atoms with Gasteiger partial charge in [-0.1, -0.05) is 46.3 Å². The first-order valence-corrected chi connectivity index (χ1v) is 9.21. The zero-order valence-corrected chi connectivity index (χ0v) is 15.9. The predicted molar refractivity (Wildman–Crippen MR) is 103 cm³/mol. The third kappa shape index (κ3) is 3.91. The molecule has 0 unspecified atom stereocenters. The molecule has 0 fully saturated rings. The van der Waals surface area contributed by atoms with Crippen molar-refractivity contribution in [1.82, 2.24) is 4.98 Å². The first kappa shape index (κ1) is 16.9. The van der Waals surface area contributed by atoms with E-state index in [-0.39, 0.29) is 12.3 Å². The van der Waals surface area contributed by atoms with Crippen molar-refractivity contribution in [2.45, 2.75) is 20.3 Å². The second-order valence-electron chi connectivity index (χ2n) is 5.56. The van der Waals surface area contributed by atoms with Crippen molar-refractivity contribution in [1.29, 1.82) is 0 Å². The largest absolute Gasteiger partial charge is 0.325 e. The number of aromatic nitrogens is 1. The van der Waals surface area contributed by atoms with Gasteiger partial charge in [-0.25, -0.2) is 4.98 Å². The molecule has 1 amide bonds. The number of carbonyl (C=O) groups is 1. The number of amides is 1. The lowest BCUT2D eigenvalue weighted by Gasteiger charge is -2.06. The second-order valence-corrected chi connectivity index (χ2v) is 7.76. The Kier molecular flexibility index (Phi) is 5.11. The minimum Gasteiger partial charge on any atom is -0.325 e. The molecule has 3 rings (SSSR count). The highest BCUT2D eigenvalue weighted by Crippen LogP contribution is 2.29. The average molecular weight is 401 g/mol. The van der Waals surface area contributed by atoms with E-state index in [2.05, 4.69) is 26.2 Å². The summed E-state index contributed by atoms with van der Waals surface area (Å²) >= 11 is 5.01. The fourth-order valence-corrected chi connectivity index (χ4v) is 3.67. The van der Waals surface area contributed by atoms with Crippen LogP contribution in [0, 0.1) is 13.8 Å². The SMILES string of the molecule is Cc1ccccc1NC(=O)Cc1nc(-c2ccc(Br)cc2)c(C)s1. The molecule has 122 valence electrons. The van der Waals surface area contributed by atoms with Gasteiger partial charge in [0.2, 0.25) is 5.91 Å². The first-order valence-electron chi connectivity index (χ1n) is 7.60. The van der Waals surface area contributed by atoms with Gasteiger partial charge >= 0.3 is 0 Å². The minimum absolute atomic E-state index is 0.0413. The Hall–Kier alpha value is -1.98. The molecule has 0 radical (unpaired) electrons. The van der Waals surface area contributed by atoms with Crippen LogP contribution in [0.5, 0.6) is 0 Å². The summed E-state index contributed by atoms with van der Waals surface area (Å²) < 4.78 is 1.04. The molecule has 0 aliphatic heterocycles. The van der Waals surface area contributed by atoms with Gasteiger partial charge in [-0.15, -0.1) is 11.3 Å². The van der Waals surface area contributed by atoms with Crippen LogP contribution in [-0.4, -0.2) is 10.9 Å². The van der Waals surface area contributed by atoms with Gasteiger partial charge in [-0.2, -0.15) is 0 Å². The van der Waals surface area contributed by atoms with Gasteiger partial charge in [0.1, 0.15) is 5.01 Å². The average Bonchev–Trinajstić information content (AvgIpc) is 2.90. The van der Waals surface area contributed by atoms with Crippen LogP contribution < -0.4 is 5.32 Å². The predicted octanol–water partition coefficient (Wildman–Crippen LogP) is 5.37. The highest BCUT2D eigenvalue weighted by molar-refractivity contribution is 9.10. The Labute approximate surface area is 153 Å². The number of para-hydroxylation sites is 1. The van der Waals surface area contributed by atoms with Gasteiger partial charge in [-0.05, 0) is 37.6 Å². The smallest absolute Gasteiger partial charge is 0.231 e. The van der Waals surface area contributed by atoms with Crippen LogP contribution in [0.3, 0.4) is 0 Å². The summed E-state index contributed by atoms with van der Waals surface area (Å²) in [5, 5.41) is 3.79. The molecule has 24 heavy (non-hydrogen) atoms. The van der Waals surface area contributed by atoms with Crippen molar-refractivity contribution in [3.8, 4) is 11.3 Å². The number of hydrogen-bond donors (Lipinski definition) is 1. The summed E-state index contributed by atoms with van der Waals surface area (Å²) in [4.78, 5) is 18.1. The Bertz CT molecular complexity index is 871. The van der Waals surface area contributed by atoms with E-state index in [0.29, 0.717) is 0 Å². The van der Waals surface area contributed by atoms with Crippen molar-refractivity contribution in [3.05, 3.63) is 68.5 Å². The highest BCUT2D eigenvalue weighted by atomic mass is 79.9. The van der Waals surface area contributed by atoms with E-state index in [9.17, 15) is 4.79 Å². The number of hydrogen-bond acceptors (Lipinski definition) is 3. The Morgan fingerprint density at radius 1 is 1.12 bits per heavy atom. The van der Waals surface area contributed by atoms with E-state index in [4.69, 9.17) is 0 Å². The maximum atomic E-state index is 12.3. The van der Waals surface area contributed by atoms with Gasteiger partial charge in [0.25, 0.3) is 0 Å². The molecule has 0 atom stereocenters. The maximum absolute atomic E-state index is 12.3. The van der Waals surface area contributed by atoms with E-state index < -0.39 is 0 Å². The number of halogens is 1. The first-order chi connectivity index (χ1) is 11.5. The normalized spacial score (nSPS) is 10.6. The molecule has 0 aliphatic carbocycles. The Morgan fingerprint density at radius 3 is 2.54 bits per heavy atom. The van der Waals surface area contributed by atoms with Crippen molar-refractivity contribution in [2.75, 3.05) is 5.32 Å². The Balaban J connectivity index is 1.74. The van der Waals surface area contributed by atoms with Crippen molar-refractivity contribution >= 4 is 38.9 Å². The summed E-state index contributed by atoms with van der Waals surface area (Å²) in [5.41, 5.74) is 3.92. The number of aryl methyl sites for hydroxylation is 2. The lowest BCUT2D eigenvalue weighted by atomic mass is 10.1. The summed E-state index contributed by atoms with van der Waals surface area (Å²) in [6.07, 6.45) is 0.288. The van der Waals surface area contributed by atoms with E-state index in [1.807, 2.05) is 62.4 Å². The molecule has 1 N–H and O–H groups in total. The molecular weight excluding hydrogens is 384 g/mol. The van der Waals surface area contributed by atoms with Crippen LogP contribution in [0.15, 0.2) is 53.0 Å². The van der Waals surface area contributed by atoms with Gasteiger partial charge < -0.3 is 5.32 Å². The molecule has 0 aliphatic rings. The summed E-state index contributed by atoms with van der Waals surface area (Å²) in [6.45, 7) is 4.02.